The van der Waals surface area contributed by atoms with Crippen LogP contribution in [0, 0.1) is 0 Å². The summed E-state index contributed by atoms with van der Waals surface area (Å²) in [4.78, 5) is 2.00. The van der Waals surface area contributed by atoms with Gasteiger partial charge < -0.3 is 0 Å². The van der Waals surface area contributed by atoms with Gasteiger partial charge in [0.2, 0.25) is 3.79 Å². The molecule has 0 atom stereocenters. The Balaban J connectivity index is 2.79. The van der Waals surface area contributed by atoms with E-state index in [2.05, 4.69) is 5.10 Å². The van der Waals surface area contributed by atoms with Crippen LogP contribution < -0.4 is 4.83 Å². The first-order valence-corrected chi connectivity index (χ1v) is 6.61. The Hall–Kier alpha value is -0.490. The van der Waals surface area contributed by atoms with Gasteiger partial charge in [0.1, 0.15) is 0 Å². The van der Waals surface area contributed by atoms with Crippen LogP contribution in [0.4, 0.5) is 0 Å². The Labute approximate surface area is 108 Å². The van der Waals surface area contributed by atoms with Gasteiger partial charge in [0.05, 0.1) is 11.1 Å². The molecule has 0 aliphatic rings. The summed E-state index contributed by atoms with van der Waals surface area (Å²) in [5.74, 6) is 0. The zero-order valence-electron chi connectivity index (χ0n) is 7.77. The summed E-state index contributed by atoms with van der Waals surface area (Å²) in [5, 5.41) is 3.33. The molecule has 0 fully saturated rings. The standard InChI is InChI=1S/C8H7Cl3N2O2S/c9-8(10,11)6-12-13-16(14,15)7-4-2-1-3-5-7/h1-6,13H/b12-6+. The second-order valence-electron chi connectivity index (χ2n) is 2.71. The molecule has 0 saturated heterocycles. The number of hydrazone groups is 1. The van der Waals surface area contributed by atoms with E-state index in [1.807, 2.05) is 4.83 Å². The quantitative estimate of drug-likeness (QED) is 0.529. The molecule has 0 heterocycles. The maximum Gasteiger partial charge on any atom is 0.276 e. The number of benzene rings is 1. The predicted octanol–water partition coefficient (Wildman–Crippen LogP) is 2.32. The second-order valence-corrected chi connectivity index (χ2v) is 6.74. The SMILES string of the molecule is O=S(=O)(N/N=C/C(Cl)(Cl)Cl)c1ccccc1. The summed E-state index contributed by atoms with van der Waals surface area (Å²) in [5.41, 5.74) is 0. The van der Waals surface area contributed by atoms with Crippen molar-refractivity contribution < 1.29 is 8.42 Å². The van der Waals surface area contributed by atoms with Crippen LogP contribution in [0.5, 0.6) is 0 Å². The number of rotatable bonds is 3. The number of sulfonamides is 1. The van der Waals surface area contributed by atoms with Gasteiger partial charge in [-0.1, -0.05) is 53.0 Å². The van der Waals surface area contributed by atoms with E-state index in [1.165, 1.54) is 12.1 Å². The maximum atomic E-state index is 11.6. The highest BCUT2D eigenvalue weighted by Crippen LogP contribution is 2.22. The minimum atomic E-state index is -3.71. The van der Waals surface area contributed by atoms with Crippen LogP contribution in [0.2, 0.25) is 0 Å². The molecule has 0 saturated carbocycles. The van der Waals surface area contributed by atoms with Crippen molar-refractivity contribution in [1.82, 2.24) is 4.83 Å². The monoisotopic (exact) mass is 300 g/mol. The topological polar surface area (TPSA) is 58.5 Å². The third kappa shape index (κ3) is 4.57. The van der Waals surface area contributed by atoms with Crippen LogP contribution in [0.3, 0.4) is 0 Å². The molecule has 0 aliphatic heterocycles. The highest BCUT2D eigenvalue weighted by Gasteiger charge is 2.17. The van der Waals surface area contributed by atoms with Crippen LogP contribution in [0.1, 0.15) is 0 Å². The molecule has 1 aromatic carbocycles. The lowest BCUT2D eigenvalue weighted by Gasteiger charge is -2.04. The third-order valence-corrected chi connectivity index (χ3v) is 2.97. The molecule has 0 bridgehead atoms. The fourth-order valence-corrected chi connectivity index (χ4v) is 1.78. The molecule has 0 amide bonds. The van der Waals surface area contributed by atoms with Gasteiger partial charge in [-0.15, -0.1) is 0 Å². The number of nitrogens with zero attached hydrogens (tertiary/aromatic N) is 1. The van der Waals surface area contributed by atoms with E-state index in [0.29, 0.717) is 0 Å². The summed E-state index contributed by atoms with van der Waals surface area (Å²) in [7, 11) is -3.71. The lowest BCUT2D eigenvalue weighted by molar-refractivity contribution is 0.584. The molecule has 88 valence electrons. The Morgan fingerprint density at radius 1 is 1.19 bits per heavy atom. The highest BCUT2D eigenvalue weighted by molar-refractivity contribution is 7.89. The van der Waals surface area contributed by atoms with Crippen molar-refractivity contribution in [3.63, 3.8) is 0 Å². The highest BCUT2D eigenvalue weighted by atomic mass is 35.6. The summed E-state index contributed by atoms with van der Waals surface area (Å²) < 4.78 is 21.4. The largest absolute Gasteiger partial charge is 0.276 e. The minimum absolute atomic E-state index is 0.0801. The van der Waals surface area contributed by atoms with Gasteiger partial charge in [-0.25, -0.2) is 4.83 Å². The molecule has 1 rings (SSSR count). The van der Waals surface area contributed by atoms with Crippen LogP contribution in [0.25, 0.3) is 0 Å². The molecule has 0 spiro atoms. The summed E-state index contributed by atoms with van der Waals surface area (Å²) in [6, 6.07) is 7.73. The molecule has 1 N–H and O–H groups in total. The second kappa shape index (κ2) is 5.23. The van der Waals surface area contributed by atoms with Crippen molar-refractivity contribution in [1.29, 1.82) is 0 Å². The van der Waals surface area contributed by atoms with Crippen LogP contribution >= 0.6 is 34.8 Å². The van der Waals surface area contributed by atoms with Gasteiger partial charge >= 0.3 is 0 Å². The summed E-state index contributed by atoms with van der Waals surface area (Å²) >= 11 is 16.1. The summed E-state index contributed by atoms with van der Waals surface area (Å²) in [6.07, 6.45) is 0.859. The maximum absolute atomic E-state index is 11.6. The molecule has 0 aromatic heterocycles. The van der Waals surface area contributed by atoms with E-state index < -0.39 is 13.8 Å². The number of hydrogen-bond donors (Lipinski definition) is 1. The molecule has 1 aromatic rings. The van der Waals surface area contributed by atoms with E-state index in [0.717, 1.165) is 6.21 Å². The molecule has 8 heteroatoms. The molecule has 0 radical (unpaired) electrons. The molecule has 4 nitrogen and oxygen atoms in total. The predicted molar refractivity (Wildman–Crippen MR) is 65.5 cm³/mol. The average Bonchev–Trinajstić information content (AvgIpc) is 2.17. The van der Waals surface area contributed by atoms with Crippen LogP contribution in [0.15, 0.2) is 40.3 Å². The van der Waals surface area contributed by atoms with E-state index >= 15 is 0 Å². The molecule has 0 aliphatic carbocycles. The van der Waals surface area contributed by atoms with Crippen LogP contribution in [-0.2, 0) is 10.0 Å². The zero-order chi connectivity index (χ0) is 12.2. The average molecular weight is 302 g/mol. The van der Waals surface area contributed by atoms with Gasteiger partial charge in [0.15, 0.2) is 0 Å². The van der Waals surface area contributed by atoms with Gasteiger partial charge in [0.25, 0.3) is 10.0 Å². The molecule has 16 heavy (non-hydrogen) atoms. The number of halogens is 3. The van der Waals surface area contributed by atoms with E-state index in [4.69, 9.17) is 34.8 Å². The lowest BCUT2D eigenvalue weighted by Crippen LogP contribution is -2.19. The molecular weight excluding hydrogens is 295 g/mol. The first-order chi connectivity index (χ1) is 7.31. The van der Waals surface area contributed by atoms with Crippen LogP contribution in [-0.4, -0.2) is 18.4 Å². The number of nitrogens with one attached hydrogen (secondary N) is 1. The minimum Gasteiger partial charge on any atom is -0.200 e. The molecular formula is C8H7Cl3N2O2S. The fourth-order valence-electron chi connectivity index (χ4n) is 0.821. The Morgan fingerprint density at radius 3 is 2.25 bits per heavy atom. The lowest BCUT2D eigenvalue weighted by atomic mass is 10.4. The van der Waals surface area contributed by atoms with E-state index in [9.17, 15) is 8.42 Å². The Kier molecular flexibility index (Phi) is 4.43. The normalized spacial score (nSPS) is 12.9. The number of alkyl halides is 3. The summed E-state index contributed by atoms with van der Waals surface area (Å²) in [6.45, 7) is 0. The smallest absolute Gasteiger partial charge is 0.200 e. The van der Waals surface area contributed by atoms with Crippen molar-refractivity contribution in [3.05, 3.63) is 30.3 Å². The van der Waals surface area contributed by atoms with Crippen molar-refractivity contribution in [2.45, 2.75) is 8.69 Å². The van der Waals surface area contributed by atoms with Crippen molar-refractivity contribution in [2.75, 3.05) is 0 Å². The van der Waals surface area contributed by atoms with E-state index in [-0.39, 0.29) is 4.90 Å². The zero-order valence-corrected chi connectivity index (χ0v) is 10.9. The Morgan fingerprint density at radius 2 is 1.75 bits per heavy atom. The first-order valence-electron chi connectivity index (χ1n) is 3.99. The van der Waals surface area contributed by atoms with Crippen molar-refractivity contribution in [3.8, 4) is 0 Å². The van der Waals surface area contributed by atoms with E-state index in [1.54, 1.807) is 18.2 Å². The van der Waals surface area contributed by atoms with Gasteiger partial charge in [-0.2, -0.15) is 13.5 Å². The van der Waals surface area contributed by atoms with Gasteiger partial charge in [0, 0.05) is 0 Å². The van der Waals surface area contributed by atoms with Gasteiger partial charge in [-0.3, -0.25) is 0 Å². The Bertz CT molecular complexity index is 468. The van der Waals surface area contributed by atoms with Crippen molar-refractivity contribution >= 4 is 51.0 Å². The third-order valence-electron chi connectivity index (χ3n) is 1.44. The van der Waals surface area contributed by atoms with Crippen molar-refractivity contribution in [2.24, 2.45) is 5.10 Å². The fraction of sp³-hybridized carbons (Fsp3) is 0.125. The number of hydrogen-bond acceptors (Lipinski definition) is 3. The first kappa shape index (κ1) is 13.6. The van der Waals surface area contributed by atoms with Gasteiger partial charge in [-0.05, 0) is 12.1 Å². The molecule has 0 unspecified atom stereocenters.